The van der Waals surface area contributed by atoms with Crippen molar-refractivity contribution in [2.45, 2.75) is 6.42 Å². The topological polar surface area (TPSA) is 63.4 Å². The lowest BCUT2D eigenvalue weighted by molar-refractivity contribution is 0.581. The standard InChI is InChI=1S/C12H17FN2O2S/c13-11-3-1-2-10(4-5-14)12(11)15-6-8-18(16,17)9-7-15/h1-3H,4-9,14H2. The van der Waals surface area contributed by atoms with Gasteiger partial charge in [0, 0.05) is 13.1 Å². The predicted octanol–water partition coefficient (Wildman–Crippen LogP) is 0.562. The SMILES string of the molecule is NCCc1cccc(F)c1N1CCS(=O)(=O)CC1. The van der Waals surface area contributed by atoms with Crippen molar-refractivity contribution in [3.8, 4) is 0 Å². The van der Waals surface area contributed by atoms with Gasteiger partial charge in [-0.05, 0) is 24.6 Å². The number of rotatable bonds is 3. The molecule has 18 heavy (non-hydrogen) atoms. The molecule has 1 heterocycles. The summed E-state index contributed by atoms with van der Waals surface area (Å²) in [6, 6.07) is 4.90. The molecule has 1 aromatic rings. The molecule has 0 radical (unpaired) electrons. The average molecular weight is 272 g/mol. The van der Waals surface area contributed by atoms with Crippen molar-refractivity contribution in [3.63, 3.8) is 0 Å². The van der Waals surface area contributed by atoms with E-state index >= 15 is 0 Å². The number of benzene rings is 1. The van der Waals surface area contributed by atoms with Crippen molar-refractivity contribution in [2.75, 3.05) is 36.0 Å². The molecule has 1 aliphatic rings. The Morgan fingerprint density at radius 3 is 2.56 bits per heavy atom. The lowest BCUT2D eigenvalue weighted by atomic mass is 10.1. The zero-order valence-electron chi connectivity index (χ0n) is 10.1. The highest BCUT2D eigenvalue weighted by Gasteiger charge is 2.24. The summed E-state index contributed by atoms with van der Waals surface area (Å²) in [6.45, 7) is 1.14. The molecule has 1 aliphatic heterocycles. The van der Waals surface area contributed by atoms with Gasteiger partial charge >= 0.3 is 0 Å². The predicted molar refractivity (Wildman–Crippen MR) is 70.0 cm³/mol. The van der Waals surface area contributed by atoms with Crippen LogP contribution in [0.4, 0.5) is 10.1 Å². The van der Waals surface area contributed by atoms with E-state index in [4.69, 9.17) is 5.73 Å². The third-order valence-corrected chi connectivity index (χ3v) is 4.75. The van der Waals surface area contributed by atoms with Crippen LogP contribution in [-0.4, -0.2) is 39.6 Å². The van der Waals surface area contributed by atoms with Crippen molar-refractivity contribution in [1.29, 1.82) is 0 Å². The zero-order valence-corrected chi connectivity index (χ0v) is 10.9. The van der Waals surface area contributed by atoms with Crippen LogP contribution in [0.15, 0.2) is 18.2 Å². The largest absolute Gasteiger partial charge is 0.367 e. The van der Waals surface area contributed by atoms with Crippen LogP contribution in [0, 0.1) is 5.82 Å². The molecule has 0 unspecified atom stereocenters. The van der Waals surface area contributed by atoms with Gasteiger partial charge in [0.1, 0.15) is 5.82 Å². The van der Waals surface area contributed by atoms with Crippen LogP contribution in [-0.2, 0) is 16.3 Å². The molecule has 100 valence electrons. The van der Waals surface area contributed by atoms with Gasteiger partial charge in [0.15, 0.2) is 9.84 Å². The molecule has 0 saturated carbocycles. The van der Waals surface area contributed by atoms with Gasteiger partial charge in [-0.25, -0.2) is 12.8 Å². The van der Waals surface area contributed by atoms with Crippen LogP contribution >= 0.6 is 0 Å². The fourth-order valence-corrected chi connectivity index (χ4v) is 3.41. The van der Waals surface area contributed by atoms with Crippen molar-refractivity contribution < 1.29 is 12.8 Å². The van der Waals surface area contributed by atoms with E-state index in [1.165, 1.54) is 6.07 Å². The first kappa shape index (κ1) is 13.3. The van der Waals surface area contributed by atoms with Gasteiger partial charge in [0.05, 0.1) is 17.2 Å². The number of nitrogens with zero attached hydrogens (tertiary/aromatic N) is 1. The van der Waals surface area contributed by atoms with Gasteiger partial charge in [-0.3, -0.25) is 0 Å². The van der Waals surface area contributed by atoms with Crippen molar-refractivity contribution >= 4 is 15.5 Å². The fraction of sp³-hybridized carbons (Fsp3) is 0.500. The molecular formula is C12H17FN2O2S. The Hall–Kier alpha value is -1.14. The normalized spacial score (nSPS) is 18.9. The number of nitrogens with two attached hydrogens (primary N) is 1. The van der Waals surface area contributed by atoms with E-state index in [0.29, 0.717) is 31.7 Å². The Kier molecular flexibility index (Phi) is 3.87. The van der Waals surface area contributed by atoms with Gasteiger partial charge in [-0.1, -0.05) is 12.1 Å². The van der Waals surface area contributed by atoms with Crippen molar-refractivity contribution in [2.24, 2.45) is 5.73 Å². The smallest absolute Gasteiger partial charge is 0.153 e. The number of sulfone groups is 1. The summed E-state index contributed by atoms with van der Waals surface area (Å²) in [6.07, 6.45) is 0.594. The minimum Gasteiger partial charge on any atom is -0.367 e. The second-order valence-corrected chi connectivity index (χ2v) is 6.73. The second-order valence-electron chi connectivity index (χ2n) is 4.43. The third-order valence-electron chi connectivity index (χ3n) is 3.14. The first-order valence-corrected chi connectivity index (χ1v) is 7.78. The molecule has 4 nitrogen and oxygen atoms in total. The lowest BCUT2D eigenvalue weighted by Crippen LogP contribution is -2.41. The summed E-state index contributed by atoms with van der Waals surface area (Å²) in [5, 5.41) is 0. The van der Waals surface area contributed by atoms with Crippen LogP contribution in [0.5, 0.6) is 0 Å². The molecule has 1 saturated heterocycles. The lowest BCUT2D eigenvalue weighted by Gasteiger charge is -2.30. The highest BCUT2D eigenvalue weighted by Crippen LogP contribution is 2.26. The Labute approximate surface area is 107 Å². The van der Waals surface area contributed by atoms with Crippen LogP contribution in [0.3, 0.4) is 0 Å². The molecule has 0 aromatic heterocycles. The maximum atomic E-state index is 13.9. The molecular weight excluding hydrogens is 255 g/mol. The van der Waals surface area contributed by atoms with Crippen molar-refractivity contribution in [1.82, 2.24) is 0 Å². The van der Waals surface area contributed by atoms with Gasteiger partial charge in [-0.15, -0.1) is 0 Å². The van der Waals surface area contributed by atoms with E-state index in [9.17, 15) is 12.8 Å². The minimum absolute atomic E-state index is 0.0867. The molecule has 0 bridgehead atoms. The number of hydrogen-bond acceptors (Lipinski definition) is 4. The van der Waals surface area contributed by atoms with E-state index in [1.807, 2.05) is 6.07 Å². The van der Waals surface area contributed by atoms with Crippen LogP contribution in [0.1, 0.15) is 5.56 Å². The monoisotopic (exact) mass is 272 g/mol. The summed E-state index contributed by atoms with van der Waals surface area (Å²) >= 11 is 0. The molecule has 0 amide bonds. The Morgan fingerprint density at radius 1 is 1.28 bits per heavy atom. The van der Waals surface area contributed by atoms with Gasteiger partial charge < -0.3 is 10.6 Å². The number of para-hydroxylation sites is 1. The van der Waals surface area contributed by atoms with E-state index in [1.54, 1.807) is 11.0 Å². The van der Waals surface area contributed by atoms with Gasteiger partial charge in [0.25, 0.3) is 0 Å². The number of hydrogen-bond donors (Lipinski definition) is 1. The minimum atomic E-state index is -2.95. The summed E-state index contributed by atoms with van der Waals surface area (Å²) in [5.41, 5.74) is 6.87. The number of halogens is 1. The summed E-state index contributed by atoms with van der Waals surface area (Å²) in [5.74, 6) is -0.132. The Balaban J connectivity index is 2.28. The Morgan fingerprint density at radius 2 is 1.94 bits per heavy atom. The molecule has 1 fully saturated rings. The fourth-order valence-electron chi connectivity index (χ4n) is 2.21. The molecule has 1 aromatic carbocycles. The summed E-state index contributed by atoms with van der Waals surface area (Å²) in [7, 11) is -2.95. The van der Waals surface area contributed by atoms with Crippen LogP contribution < -0.4 is 10.6 Å². The molecule has 2 rings (SSSR count). The quantitative estimate of drug-likeness (QED) is 0.873. The molecule has 0 atom stereocenters. The maximum absolute atomic E-state index is 13.9. The van der Waals surface area contributed by atoms with Gasteiger partial charge in [-0.2, -0.15) is 0 Å². The van der Waals surface area contributed by atoms with Gasteiger partial charge in [0.2, 0.25) is 0 Å². The first-order chi connectivity index (χ1) is 8.53. The number of anilines is 1. The van der Waals surface area contributed by atoms with E-state index in [2.05, 4.69) is 0 Å². The van der Waals surface area contributed by atoms with Crippen LogP contribution in [0.2, 0.25) is 0 Å². The average Bonchev–Trinajstić information content (AvgIpc) is 2.31. The molecule has 0 aliphatic carbocycles. The highest BCUT2D eigenvalue weighted by atomic mass is 32.2. The van der Waals surface area contributed by atoms with E-state index < -0.39 is 9.84 Å². The summed E-state index contributed by atoms with van der Waals surface area (Å²) in [4.78, 5) is 1.81. The van der Waals surface area contributed by atoms with E-state index in [-0.39, 0.29) is 17.3 Å². The molecule has 2 N–H and O–H groups in total. The highest BCUT2D eigenvalue weighted by molar-refractivity contribution is 7.91. The van der Waals surface area contributed by atoms with E-state index in [0.717, 1.165) is 5.56 Å². The third kappa shape index (κ3) is 2.81. The first-order valence-electron chi connectivity index (χ1n) is 5.96. The van der Waals surface area contributed by atoms with Crippen molar-refractivity contribution in [3.05, 3.63) is 29.6 Å². The zero-order chi connectivity index (χ0) is 13.2. The van der Waals surface area contributed by atoms with Crippen LogP contribution in [0.25, 0.3) is 0 Å². The second kappa shape index (κ2) is 5.24. The Bertz CT molecular complexity index is 517. The summed E-state index contributed by atoms with van der Waals surface area (Å²) < 4.78 is 36.7. The maximum Gasteiger partial charge on any atom is 0.153 e. The molecule has 0 spiro atoms. The molecule has 6 heteroatoms.